The Morgan fingerprint density at radius 2 is 2.00 bits per heavy atom. The summed E-state index contributed by atoms with van der Waals surface area (Å²) in [6.07, 6.45) is 2.88. The van der Waals surface area contributed by atoms with Crippen LogP contribution in [0, 0.1) is 36.0 Å². The lowest BCUT2D eigenvalue weighted by Crippen LogP contribution is -2.43. The first kappa shape index (κ1) is 31.6. The van der Waals surface area contributed by atoms with E-state index in [9.17, 15) is 22.7 Å². The van der Waals surface area contributed by atoms with Gasteiger partial charge in [-0.1, -0.05) is 42.4 Å². The van der Waals surface area contributed by atoms with Gasteiger partial charge in [-0.3, -0.25) is 4.79 Å². The Bertz CT molecular complexity index is 1950. The van der Waals surface area contributed by atoms with Crippen LogP contribution in [-0.4, -0.2) is 40.2 Å². The normalized spacial score (nSPS) is 20.7. The second kappa shape index (κ2) is 12.1. The predicted molar refractivity (Wildman–Crippen MR) is 166 cm³/mol. The Morgan fingerprint density at radius 3 is 2.74 bits per heavy atom. The van der Waals surface area contributed by atoms with E-state index in [2.05, 4.69) is 20.2 Å². The number of nitrogens with one attached hydrogen (secondary N) is 2. The fourth-order valence-corrected chi connectivity index (χ4v) is 8.94. The third-order valence-corrected chi connectivity index (χ3v) is 10.8. The summed E-state index contributed by atoms with van der Waals surface area (Å²) in [5.41, 5.74) is 0.690. The van der Waals surface area contributed by atoms with E-state index in [1.54, 1.807) is 30.6 Å². The molecule has 240 valence electrons. The number of amides is 1. The molecule has 1 aromatic carbocycles. The van der Waals surface area contributed by atoms with Crippen LogP contribution in [-0.2, 0) is 28.6 Å². The number of pyridine rings is 1. The lowest BCUT2D eigenvalue weighted by molar-refractivity contribution is 0.0200. The van der Waals surface area contributed by atoms with Gasteiger partial charge in [0.05, 0.1) is 0 Å². The van der Waals surface area contributed by atoms with Crippen molar-refractivity contribution in [1.29, 1.82) is 5.26 Å². The van der Waals surface area contributed by atoms with E-state index in [0.29, 0.717) is 48.5 Å². The molecule has 11 nitrogen and oxygen atoms in total. The number of aromatic nitrogens is 3. The molecule has 2 aliphatic rings. The number of hydrogen-bond donors (Lipinski definition) is 3. The van der Waals surface area contributed by atoms with Crippen LogP contribution in [0.15, 0.2) is 57.9 Å². The number of anilines is 1. The van der Waals surface area contributed by atoms with Crippen LogP contribution in [0.3, 0.4) is 0 Å². The van der Waals surface area contributed by atoms with Crippen LogP contribution in [0.5, 0.6) is 0 Å². The van der Waals surface area contributed by atoms with Crippen LogP contribution in [0.1, 0.15) is 72.7 Å². The molecule has 4 atom stereocenters. The molecule has 0 radical (unpaired) electrons. The molecule has 1 amide bonds. The summed E-state index contributed by atoms with van der Waals surface area (Å²) in [6, 6.07) is 14.7. The maximum atomic E-state index is 14.1. The molecule has 1 aliphatic carbocycles. The van der Waals surface area contributed by atoms with Crippen molar-refractivity contribution in [2.24, 2.45) is 11.8 Å². The third kappa shape index (κ3) is 5.95. The molecule has 0 saturated heterocycles. The van der Waals surface area contributed by atoms with E-state index < -0.39 is 33.5 Å². The van der Waals surface area contributed by atoms with Crippen molar-refractivity contribution in [1.82, 2.24) is 19.4 Å². The summed E-state index contributed by atoms with van der Waals surface area (Å²) in [4.78, 5) is 17.0. The standard InChI is InChI=1S/C33H35FN6O5S/c1-19-11-12-22(17-33(3,42)27-16-26(45-38-27)21-8-5-4-6-9-21)29(19)39-46(43,44)31-20(2)30(40-13-7-10-25(31)40)32(41)37-23-14-24(18-35)36-28(34)15-23/h4-6,8-9,14-16,19,22,29,39,42H,7,10-13,17H2,1-3H3,(H,36,37,41). The van der Waals surface area contributed by atoms with Crippen LogP contribution in [0.4, 0.5) is 10.1 Å². The minimum atomic E-state index is -4.10. The van der Waals surface area contributed by atoms with Crippen molar-refractivity contribution < 1.29 is 27.2 Å². The number of halogens is 1. The summed E-state index contributed by atoms with van der Waals surface area (Å²) < 4.78 is 52.4. The lowest BCUT2D eigenvalue weighted by Gasteiger charge is -2.30. The highest BCUT2D eigenvalue weighted by Crippen LogP contribution is 2.41. The second-order valence-electron chi connectivity index (χ2n) is 12.5. The number of fused-ring (bicyclic) bond motifs is 1. The number of rotatable bonds is 9. The summed E-state index contributed by atoms with van der Waals surface area (Å²) in [5, 5.41) is 27.4. The molecule has 0 spiro atoms. The van der Waals surface area contributed by atoms with Crippen LogP contribution >= 0.6 is 0 Å². The van der Waals surface area contributed by atoms with E-state index in [1.807, 2.05) is 37.3 Å². The number of carbonyl (C=O) groups excluding carboxylic acids is 1. The Labute approximate surface area is 266 Å². The van der Waals surface area contributed by atoms with Gasteiger partial charge >= 0.3 is 0 Å². The average Bonchev–Trinajstić information content (AvgIpc) is 3.79. The molecule has 1 saturated carbocycles. The fraction of sp³-hybridized carbons (Fsp3) is 0.394. The first-order chi connectivity index (χ1) is 21.9. The fourth-order valence-electron chi connectivity index (χ4n) is 7.01. The van der Waals surface area contributed by atoms with Crippen molar-refractivity contribution in [3.63, 3.8) is 0 Å². The topological polar surface area (TPSA) is 163 Å². The van der Waals surface area contributed by atoms with Gasteiger partial charge in [0.2, 0.25) is 16.0 Å². The van der Waals surface area contributed by atoms with Crippen molar-refractivity contribution >= 4 is 21.6 Å². The molecule has 4 heterocycles. The smallest absolute Gasteiger partial charge is 0.272 e. The van der Waals surface area contributed by atoms with E-state index in [-0.39, 0.29) is 40.2 Å². The molecular formula is C33H35FN6O5S. The van der Waals surface area contributed by atoms with Gasteiger partial charge in [0.25, 0.3) is 5.91 Å². The number of carbonyl (C=O) groups is 1. The number of nitriles is 1. The molecule has 3 N–H and O–H groups in total. The van der Waals surface area contributed by atoms with Crippen LogP contribution in [0.25, 0.3) is 11.3 Å². The lowest BCUT2D eigenvalue weighted by atomic mass is 9.85. The number of sulfonamides is 1. The Hall–Kier alpha value is -4.38. The van der Waals surface area contributed by atoms with Gasteiger partial charge in [-0.2, -0.15) is 9.65 Å². The molecule has 0 bridgehead atoms. The Morgan fingerprint density at radius 1 is 1.24 bits per heavy atom. The molecule has 4 unspecified atom stereocenters. The van der Waals surface area contributed by atoms with Gasteiger partial charge in [0, 0.05) is 47.2 Å². The zero-order chi connectivity index (χ0) is 32.8. The van der Waals surface area contributed by atoms with Gasteiger partial charge in [-0.15, -0.1) is 0 Å². The summed E-state index contributed by atoms with van der Waals surface area (Å²) in [5.74, 6) is -1.18. The highest BCUT2D eigenvalue weighted by molar-refractivity contribution is 7.89. The number of aliphatic hydroxyl groups is 1. The SMILES string of the molecule is Cc1c(S(=O)(=O)NC2C(C)CCC2CC(C)(O)c2cc(-c3ccccc3)on2)c2n(c1C(=O)Nc1cc(F)nc(C#N)c1)CCC2. The van der Waals surface area contributed by atoms with E-state index >= 15 is 0 Å². The molecule has 13 heteroatoms. The number of hydrogen-bond acceptors (Lipinski definition) is 8. The molecule has 46 heavy (non-hydrogen) atoms. The van der Waals surface area contributed by atoms with E-state index in [1.165, 1.54) is 6.07 Å². The minimum Gasteiger partial charge on any atom is -0.384 e. The molecular weight excluding hydrogens is 611 g/mol. The monoisotopic (exact) mass is 646 g/mol. The Balaban J connectivity index is 1.24. The Kier molecular flexibility index (Phi) is 8.30. The third-order valence-electron chi connectivity index (χ3n) is 9.18. The highest BCUT2D eigenvalue weighted by atomic mass is 32.2. The number of benzene rings is 1. The molecule has 1 aliphatic heterocycles. The first-order valence-electron chi connectivity index (χ1n) is 15.3. The molecule has 1 fully saturated rings. The largest absolute Gasteiger partial charge is 0.384 e. The number of nitrogens with zero attached hydrogens (tertiary/aromatic N) is 4. The summed E-state index contributed by atoms with van der Waals surface area (Å²) in [6.45, 7) is 5.71. The van der Waals surface area contributed by atoms with Crippen molar-refractivity contribution in [2.75, 3.05) is 5.32 Å². The average molecular weight is 647 g/mol. The van der Waals surface area contributed by atoms with Gasteiger partial charge in [-0.05, 0) is 63.9 Å². The van der Waals surface area contributed by atoms with Gasteiger partial charge in [0.15, 0.2) is 5.76 Å². The van der Waals surface area contributed by atoms with Crippen LogP contribution < -0.4 is 10.0 Å². The maximum absolute atomic E-state index is 14.1. The molecule has 6 rings (SSSR count). The van der Waals surface area contributed by atoms with Gasteiger partial charge < -0.3 is 19.5 Å². The van der Waals surface area contributed by atoms with Crippen molar-refractivity contribution in [2.45, 2.75) is 76.0 Å². The van der Waals surface area contributed by atoms with E-state index in [4.69, 9.17) is 9.78 Å². The zero-order valence-corrected chi connectivity index (χ0v) is 26.6. The second-order valence-corrected chi connectivity index (χ2v) is 14.2. The van der Waals surface area contributed by atoms with Gasteiger partial charge in [-0.25, -0.2) is 18.1 Å². The summed E-state index contributed by atoms with van der Waals surface area (Å²) >= 11 is 0. The maximum Gasteiger partial charge on any atom is 0.272 e. The molecule has 3 aromatic heterocycles. The summed E-state index contributed by atoms with van der Waals surface area (Å²) in [7, 11) is -4.10. The minimum absolute atomic E-state index is 0.00224. The first-order valence-corrected chi connectivity index (χ1v) is 16.7. The molecule has 4 aromatic rings. The van der Waals surface area contributed by atoms with Crippen molar-refractivity contribution in [3.8, 4) is 17.4 Å². The van der Waals surface area contributed by atoms with Gasteiger partial charge in [0.1, 0.15) is 33.6 Å². The quantitative estimate of drug-likeness (QED) is 0.213. The predicted octanol–water partition coefficient (Wildman–Crippen LogP) is 5.05. The van der Waals surface area contributed by atoms with Crippen LogP contribution in [0.2, 0.25) is 0 Å². The zero-order valence-electron chi connectivity index (χ0n) is 25.7. The van der Waals surface area contributed by atoms with E-state index in [0.717, 1.165) is 18.1 Å². The van der Waals surface area contributed by atoms with Crippen molar-refractivity contribution in [3.05, 3.63) is 82.8 Å². The highest BCUT2D eigenvalue weighted by Gasteiger charge is 2.43.